The first-order valence-electron chi connectivity index (χ1n) is 4.77. The van der Waals surface area contributed by atoms with Crippen molar-refractivity contribution in [2.75, 3.05) is 13.6 Å². The van der Waals surface area contributed by atoms with E-state index in [4.69, 9.17) is 5.11 Å². The first kappa shape index (κ1) is 14.3. The highest BCUT2D eigenvalue weighted by molar-refractivity contribution is 7.87. The van der Waals surface area contributed by atoms with Crippen molar-refractivity contribution >= 4 is 16.2 Å². The third kappa shape index (κ3) is 5.10. The molecule has 0 aromatic carbocycles. The molecule has 0 amide bonds. The summed E-state index contributed by atoms with van der Waals surface area (Å²) in [4.78, 5) is 10.5. The van der Waals surface area contributed by atoms with Crippen LogP contribution in [0.15, 0.2) is 0 Å². The average molecular weight is 238 g/mol. The Morgan fingerprint density at radius 3 is 2.47 bits per heavy atom. The van der Waals surface area contributed by atoms with Gasteiger partial charge in [0.15, 0.2) is 0 Å². The van der Waals surface area contributed by atoms with Gasteiger partial charge in [-0.2, -0.15) is 17.4 Å². The lowest BCUT2D eigenvalue weighted by Crippen LogP contribution is -2.45. The molecule has 0 aliphatic carbocycles. The van der Waals surface area contributed by atoms with Crippen LogP contribution in [0.5, 0.6) is 0 Å². The molecule has 0 aliphatic rings. The number of unbranched alkanes of at least 4 members (excludes halogenated alkanes) is 1. The summed E-state index contributed by atoms with van der Waals surface area (Å²) in [7, 11) is -2.25. The van der Waals surface area contributed by atoms with Gasteiger partial charge in [0.05, 0.1) is 0 Å². The second kappa shape index (κ2) is 6.04. The highest BCUT2D eigenvalue weighted by Gasteiger charge is 2.22. The number of carbonyl (C=O) groups is 1. The maximum Gasteiger partial charge on any atom is 0.321 e. The van der Waals surface area contributed by atoms with E-state index in [-0.39, 0.29) is 0 Å². The second-order valence-electron chi connectivity index (χ2n) is 3.36. The predicted octanol–water partition coefficient (Wildman–Crippen LogP) is 0.0258. The van der Waals surface area contributed by atoms with E-state index in [1.54, 1.807) is 0 Å². The highest BCUT2D eigenvalue weighted by Crippen LogP contribution is 1.99. The van der Waals surface area contributed by atoms with E-state index < -0.39 is 22.2 Å². The summed E-state index contributed by atoms with van der Waals surface area (Å²) in [5.74, 6) is -1.19. The average Bonchev–Trinajstić information content (AvgIpc) is 2.13. The molecule has 6 nitrogen and oxygen atoms in total. The Kier molecular flexibility index (Phi) is 5.77. The lowest BCUT2D eigenvalue weighted by Gasteiger charge is -2.18. The number of rotatable bonds is 7. The molecule has 1 atom stereocenters. The van der Waals surface area contributed by atoms with Gasteiger partial charge < -0.3 is 5.11 Å². The highest BCUT2D eigenvalue weighted by atomic mass is 32.2. The fourth-order valence-electron chi connectivity index (χ4n) is 0.865. The van der Waals surface area contributed by atoms with E-state index >= 15 is 0 Å². The van der Waals surface area contributed by atoms with Crippen molar-refractivity contribution in [3.05, 3.63) is 0 Å². The maximum absolute atomic E-state index is 11.5. The number of aliphatic carboxylic acids is 1. The predicted molar refractivity (Wildman–Crippen MR) is 56.7 cm³/mol. The first-order valence-corrected chi connectivity index (χ1v) is 6.21. The zero-order valence-corrected chi connectivity index (χ0v) is 10.0. The van der Waals surface area contributed by atoms with E-state index in [9.17, 15) is 13.2 Å². The summed E-state index contributed by atoms with van der Waals surface area (Å²) >= 11 is 0. The van der Waals surface area contributed by atoms with E-state index in [1.165, 1.54) is 14.0 Å². The van der Waals surface area contributed by atoms with Crippen LogP contribution in [0.25, 0.3) is 0 Å². The number of carboxylic acid groups (broad SMARTS) is 1. The molecule has 7 heteroatoms. The third-order valence-corrected chi connectivity index (χ3v) is 3.59. The molecule has 1 unspecified atom stereocenters. The molecule has 0 spiro atoms. The number of hydrogen-bond acceptors (Lipinski definition) is 3. The van der Waals surface area contributed by atoms with Crippen molar-refractivity contribution in [3.63, 3.8) is 0 Å². The molecule has 15 heavy (non-hydrogen) atoms. The van der Waals surface area contributed by atoms with Gasteiger partial charge in [0.1, 0.15) is 6.04 Å². The van der Waals surface area contributed by atoms with Gasteiger partial charge in [-0.25, -0.2) is 0 Å². The fourth-order valence-corrected chi connectivity index (χ4v) is 1.96. The van der Waals surface area contributed by atoms with Crippen LogP contribution in [-0.4, -0.2) is 43.4 Å². The number of nitrogens with one attached hydrogen (secondary N) is 1. The Morgan fingerprint density at radius 1 is 1.53 bits per heavy atom. The minimum atomic E-state index is -3.67. The number of carboxylic acids is 1. The van der Waals surface area contributed by atoms with Crippen LogP contribution in [0.2, 0.25) is 0 Å². The largest absolute Gasteiger partial charge is 0.480 e. The minimum Gasteiger partial charge on any atom is -0.480 e. The standard InChI is InChI=1S/C8H18N2O4S/c1-4-5-6-10(3)15(13,14)9-7(2)8(11)12/h7,9H,4-6H2,1-3H3,(H,11,12). The van der Waals surface area contributed by atoms with Crippen molar-refractivity contribution in [3.8, 4) is 0 Å². The molecule has 90 valence electrons. The monoisotopic (exact) mass is 238 g/mol. The molecular weight excluding hydrogens is 220 g/mol. The summed E-state index contributed by atoms with van der Waals surface area (Å²) in [6.07, 6.45) is 1.63. The molecular formula is C8H18N2O4S. The maximum atomic E-state index is 11.5. The SMILES string of the molecule is CCCCN(C)S(=O)(=O)NC(C)C(=O)O. The van der Waals surface area contributed by atoms with Crippen LogP contribution >= 0.6 is 0 Å². The summed E-state index contributed by atoms with van der Waals surface area (Å²) in [6, 6.07) is -1.11. The van der Waals surface area contributed by atoms with Crippen molar-refractivity contribution in [1.29, 1.82) is 0 Å². The van der Waals surface area contributed by atoms with Gasteiger partial charge in [-0.1, -0.05) is 13.3 Å². The molecule has 0 fully saturated rings. The van der Waals surface area contributed by atoms with Crippen molar-refractivity contribution < 1.29 is 18.3 Å². The van der Waals surface area contributed by atoms with Crippen LogP contribution in [0, 0.1) is 0 Å². The van der Waals surface area contributed by atoms with Crippen LogP contribution in [0.1, 0.15) is 26.7 Å². The first-order chi connectivity index (χ1) is 6.81. The molecule has 0 saturated heterocycles. The second-order valence-corrected chi connectivity index (χ2v) is 5.17. The molecule has 2 N–H and O–H groups in total. The van der Waals surface area contributed by atoms with Gasteiger partial charge in [-0.05, 0) is 13.3 Å². The van der Waals surface area contributed by atoms with E-state index in [2.05, 4.69) is 4.72 Å². The number of nitrogens with zero attached hydrogens (tertiary/aromatic N) is 1. The Morgan fingerprint density at radius 2 is 2.07 bits per heavy atom. The normalized spacial score (nSPS) is 14.1. The van der Waals surface area contributed by atoms with Gasteiger partial charge in [0.25, 0.3) is 10.2 Å². The molecule has 0 aromatic heterocycles. The Balaban J connectivity index is 4.35. The van der Waals surface area contributed by atoms with Crippen LogP contribution < -0.4 is 4.72 Å². The zero-order valence-electron chi connectivity index (χ0n) is 9.23. The van der Waals surface area contributed by atoms with Gasteiger partial charge in [-0.3, -0.25) is 4.79 Å². The number of hydrogen-bond donors (Lipinski definition) is 2. The van der Waals surface area contributed by atoms with Crippen molar-refractivity contribution in [2.45, 2.75) is 32.7 Å². The third-order valence-electron chi connectivity index (χ3n) is 1.93. The lowest BCUT2D eigenvalue weighted by molar-refractivity contribution is -0.138. The Hall–Kier alpha value is -0.660. The summed E-state index contributed by atoms with van der Waals surface area (Å²) in [6.45, 7) is 3.62. The summed E-state index contributed by atoms with van der Waals surface area (Å²) in [5, 5.41) is 8.56. The zero-order chi connectivity index (χ0) is 12.1. The molecule has 0 heterocycles. The topological polar surface area (TPSA) is 86.7 Å². The van der Waals surface area contributed by atoms with Gasteiger partial charge in [-0.15, -0.1) is 0 Å². The van der Waals surface area contributed by atoms with Crippen LogP contribution in [0.3, 0.4) is 0 Å². The fraction of sp³-hybridized carbons (Fsp3) is 0.875. The molecule has 0 saturated carbocycles. The molecule has 0 aliphatic heterocycles. The minimum absolute atomic E-state index is 0.387. The Bertz CT molecular complexity index is 302. The molecule has 0 rings (SSSR count). The van der Waals surface area contributed by atoms with Crippen molar-refractivity contribution in [1.82, 2.24) is 9.03 Å². The molecule has 0 bridgehead atoms. The van der Waals surface area contributed by atoms with E-state index in [1.807, 2.05) is 6.92 Å². The molecule has 0 radical (unpaired) electrons. The Labute approximate surface area is 90.5 Å². The quantitative estimate of drug-likeness (QED) is 0.655. The molecule has 0 aromatic rings. The van der Waals surface area contributed by atoms with Crippen LogP contribution in [-0.2, 0) is 15.0 Å². The van der Waals surface area contributed by atoms with E-state index in [0.717, 1.165) is 17.1 Å². The summed E-state index contributed by atoms with van der Waals surface area (Å²) < 4.78 is 26.2. The smallest absolute Gasteiger partial charge is 0.321 e. The van der Waals surface area contributed by atoms with Gasteiger partial charge in [0, 0.05) is 13.6 Å². The lowest BCUT2D eigenvalue weighted by atomic mass is 10.3. The van der Waals surface area contributed by atoms with Crippen molar-refractivity contribution in [2.24, 2.45) is 0 Å². The van der Waals surface area contributed by atoms with Gasteiger partial charge >= 0.3 is 5.97 Å². The van der Waals surface area contributed by atoms with Crippen LogP contribution in [0.4, 0.5) is 0 Å². The van der Waals surface area contributed by atoms with Gasteiger partial charge in [0.2, 0.25) is 0 Å². The van der Waals surface area contributed by atoms with E-state index in [0.29, 0.717) is 6.54 Å². The summed E-state index contributed by atoms with van der Waals surface area (Å²) in [5.41, 5.74) is 0.